The Bertz CT molecular complexity index is 932. The Hall–Kier alpha value is -2.83. The van der Waals surface area contributed by atoms with Gasteiger partial charge in [0.2, 0.25) is 0 Å². The van der Waals surface area contributed by atoms with E-state index in [1.807, 2.05) is 49.4 Å². The van der Waals surface area contributed by atoms with Crippen LogP contribution in [0.3, 0.4) is 0 Å². The van der Waals surface area contributed by atoms with Gasteiger partial charge in [-0.05, 0) is 42.8 Å². The molecule has 0 aromatic heterocycles. The molecule has 1 fully saturated rings. The average Bonchev–Trinajstić information content (AvgIpc) is 3.04. The molecule has 152 valence electrons. The van der Waals surface area contributed by atoms with Gasteiger partial charge < -0.3 is 19.5 Å². The summed E-state index contributed by atoms with van der Waals surface area (Å²) in [5, 5.41) is 2.92. The number of nitrogens with one attached hydrogen (secondary N) is 1. The van der Waals surface area contributed by atoms with Gasteiger partial charge in [0, 0.05) is 36.5 Å². The summed E-state index contributed by atoms with van der Waals surface area (Å²) >= 11 is 0. The number of hydrogen-bond donors (Lipinski definition) is 1. The maximum atomic E-state index is 12.4. The number of morpholine rings is 1. The van der Waals surface area contributed by atoms with Crippen LogP contribution in [0, 0.1) is 6.92 Å². The number of amides is 1. The number of hydrogen-bond acceptors (Lipinski definition) is 5. The Kier molecular flexibility index (Phi) is 5.83. The summed E-state index contributed by atoms with van der Waals surface area (Å²) in [6.45, 7) is 6.91. The van der Waals surface area contributed by atoms with Crippen molar-refractivity contribution in [2.24, 2.45) is 0 Å². The second kappa shape index (κ2) is 8.68. The van der Waals surface area contributed by atoms with Gasteiger partial charge in [0.15, 0.2) is 11.5 Å². The fraction of sp³-hybridized carbons (Fsp3) is 0.348. The molecule has 0 radical (unpaired) electrons. The molecule has 1 N–H and O–H groups in total. The molecule has 2 aliphatic heterocycles. The Morgan fingerprint density at radius 1 is 1.14 bits per heavy atom. The zero-order valence-corrected chi connectivity index (χ0v) is 16.9. The van der Waals surface area contributed by atoms with E-state index in [4.69, 9.17) is 14.2 Å². The number of methoxy groups -OCH3 is 1. The minimum Gasteiger partial charge on any atom is -0.493 e. The number of anilines is 1. The van der Waals surface area contributed by atoms with Crippen molar-refractivity contribution in [2.75, 3.05) is 51.9 Å². The lowest BCUT2D eigenvalue weighted by Crippen LogP contribution is -2.38. The van der Waals surface area contributed by atoms with Gasteiger partial charge in [0.1, 0.15) is 6.61 Å². The minimum absolute atomic E-state index is 0.0876. The van der Waals surface area contributed by atoms with Gasteiger partial charge in [-0.2, -0.15) is 0 Å². The molecule has 0 atom stereocenters. The number of ether oxygens (including phenoxy) is 3. The molecule has 1 saturated heterocycles. The van der Waals surface area contributed by atoms with Crippen molar-refractivity contribution in [1.82, 2.24) is 4.90 Å². The summed E-state index contributed by atoms with van der Waals surface area (Å²) in [5.41, 5.74) is 4.45. The molecule has 0 unspecified atom stereocenters. The molecule has 0 spiro atoms. The van der Waals surface area contributed by atoms with Crippen LogP contribution in [0.2, 0.25) is 0 Å². The van der Waals surface area contributed by atoms with Crippen LogP contribution in [-0.2, 0) is 9.53 Å². The zero-order valence-electron chi connectivity index (χ0n) is 16.9. The van der Waals surface area contributed by atoms with Crippen molar-refractivity contribution >= 4 is 23.2 Å². The van der Waals surface area contributed by atoms with E-state index in [-0.39, 0.29) is 5.91 Å². The van der Waals surface area contributed by atoms with E-state index in [1.54, 1.807) is 7.11 Å². The topological polar surface area (TPSA) is 60.0 Å². The third kappa shape index (κ3) is 4.44. The van der Waals surface area contributed by atoms with Crippen LogP contribution < -0.4 is 14.8 Å². The Labute approximate surface area is 171 Å². The highest BCUT2D eigenvalue weighted by molar-refractivity contribution is 6.34. The van der Waals surface area contributed by atoms with E-state index < -0.39 is 0 Å². The largest absolute Gasteiger partial charge is 0.493 e. The maximum Gasteiger partial charge on any atom is 0.256 e. The van der Waals surface area contributed by atoms with Gasteiger partial charge in [0.25, 0.3) is 5.91 Å². The SMILES string of the molecule is COc1cc(/C=C2\C(=O)Nc3ccc(C)cc32)ccc1OCCN1CCOCC1. The Morgan fingerprint density at radius 2 is 1.97 bits per heavy atom. The van der Waals surface area contributed by atoms with Crippen molar-refractivity contribution in [3.05, 3.63) is 53.1 Å². The van der Waals surface area contributed by atoms with Gasteiger partial charge in [0.05, 0.1) is 20.3 Å². The van der Waals surface area contributed by atoms with Gasteiger partial charge in [-0.15, -0.1) is 0 Å². The quantitative estimate of drug-likeness (QED) is 0.763. The molecule has 2 heterocycles. The van der Waals surface area contributed by atoms with Crippen molar-refractivity contribution in [3.8, 4) is 11.5 Å². The highest BCUT2D eigenvalue weighted by atomic mass is 16.5. The van der Waals surface area contributed by atoms with Crippen LogP contribution in [0.1, 0.15) is 16.7 Å². The number of carbonyl (C=O) groups excluding carboxylic acids is 1. The van der Waals surface area contributed by atoms with Crippen molar-refractivity contribution in [2.45, 2.75) is 6.92 Å². The molecule has 4 rings (SSSR count). The molecular weight excluding hydrogens is 368 g/mol. The fourth-order valence-electron chi connectivity index (χ4n) is 3.61. The van der Waals surface area contributed by atoms with Gasteiger partial charge >= 0.3 is 0 Å². The number of aryl methyl sites for hydroxylation is 1. The lowest BCUT2D eigenvalue weighted by Gasteiger charge is -2.26. The molecule has 2 aliphatic rings. The highest BCUT2D eigenvalue weighted by Crippen LogP contribution is 2.35. The van der Waals surface area contributed by atoms with Crippen molar-refractivity contribution in [1.29, 1.82) is 0 Å². The van der Waals surface area contributed by atoms with E-state index in [0.29, 0.717) is 23.7 Å². The van der Waals surface area contributed by atoms with Crippen LogP contribution in [0.4, 0.5) is 5.69 Å². The number of benzene rings is 2. The fourth-order valence-corrected chi connectivity index (χ4v) is 3.61. The summed E-state index contributed by atoms with van der Waals surface area (Å²) in [5.74, 6) is 1.27. The summed E-state index contributed by atoms with van der Waals surface area (Å²) in [4.78, 5) is 14.7. The van der Waals surface area contributed by atoms with Gasteiger partial charge in [-0.1, -0.05) is 17.7 Å². The normalized spacial score (nSPS) is 17.9. The smallest absolute Gasteiger partial charge is 0.256 e. The van der Waals surface area contributed by atoms with Gasteiger partial charge in [-0.3, -0.25) is 9.69 Å². The van der Waals surface area contributed by atoms with Crippen LogP contribution >= 0.6 is 0 Å². The lowest BCUT2D eigenvalue weighted by atomic mass is 10.0. The highest BCUT2D eigenvalue weighted by Gasteiger charge is 2.24. The first-order chi connectivity index (χ1) is 14.1. The minimum atomic E-state index is -0.0876. The first-order valence-corrected chi connectivity index (χ1v) is 9.89. The average molecular weight is 394 g/mol. The molecule has 6 heteroatoms. The van der Waals surface area contributed by atoms with E-state index in [1.165, 1.54) is 0 Å². The van der Waals surface area contributed by atoms with Crippen LogP contribution in [0.5, 0.6) is 11.5 Å². The molecule has 0 bridgehead atoms. The standard InChI is InChI=1S/C23H26N2O4/c1-16-3-5-20-18(13-16)19(23(26)24-20)14-17-4-6-21(22(15-17)27-2)29-12-9-25-7-10-28-11-8-25/h3-6,13-15H,7-12H2,1-2H3,(H,24,26)/b19-14-. The van der Waals surface area contributed by atoms with Crippen molar-refractivity contribution < 1.29 is 19.0 Å². The number of nitrogens with zero attached hydrogens (tertiary/aromatic N) is 1. The number of carbonyl (C=O) groups is 1. The molecule has 2 aromatic carbocycles. The van der Waals surface area contributed by atoms with Crippen LogP contribution in [-0.4, -0.2) is 57.4 Å². The zero-order chi connectivity index (χ0) is 20.2. The molecule has 1 amide bonds. The lowest BCUT2D eigenvalue weighted by molar-refractivity contribution is -0.110. The molecule has 6 nitrogen and oxygen atoms in total. The Morgan fingerprint density at radius 3 is 2.76 bits per heavy atom. The van der Waals surface area contributed by atoms with Crippen LogP contribution in [0.25, 0.3) is 11.6 Å². The summed E-state index contributed by atoms with van der Waals surface area (Å²) in [6, 6.07) is 11.7. The Balaban J connectivity index is 1.49. The molecule has 0 aliphatic carbocycles. The molecule has 2 aromatic rings. The number of rotatable bonds is 6. The second-order valence-electron chi connectivity index (χ2n) is 7.27. The van der Waals surface area contributed by atoms with Crippen LogP contribution in [0.15, 0.2) is 36.4 Å². The maximum absolute atomic E-state index is 12.4. The third-order valence-electron chi connectivity index (χ3n) is 5.23. The third-order valence-corrected chi connectivity index (χ3v) is 5.23. The first-order valence-electron chi connectivity index (χ1n) is 9.89. The van der Waals surface area contributed by atoms with E-state index >= 15 is 0 Å². The van der Waals surface area contributed by atoms with E-state index in [2.05, 4.69) is 10.2 Å². The van der Waals surface area contributed by atoms with Gasteiger partial charge in [-0.25, -0.2) is 0 Å². The predicted molar refractivity (Wildman–Crippen MR) is 113 cm³/mol. The predicted octanol–water partition coefficient (Wildman–Crippen LogP) is 3.21. The van der Waals surface area contributed by atoms with Crippen molar-refractivity contribution in [3.63, 3.8) is 0 Å². The van der Waals surface area contributed by atoms with E-state index in [9.17, 15) is 4.79 Å². The first kappa shape index (κ1) is 19.5. The molecule has 29 heavy (non-hydrogen) atoms. The molecule has 0 saturated carbocycles. The monoisotopic (exact) mass is 394 g/mol. The number of fused-ring (bicyclic) bond motifs is 1. The summed E-state index contributed by atoms with van der Waals surface area (Å²) in [6.07, 6.45) is 1.89. The summed E-state index contributed by atoms with van der Waals surface area (Å²) in [7, 11) is 1.63. The second-order valence-corrected chi connectivity index (χ2v) is 7.27. The molecular formula is C23H26N2O4. The van der Waals surface area contributed by atoms with E-state index in [0.717, 1.165) is 55.2 Å². The summed E-state index contributed by atoms with van der Waals surface area (Å²) < 4.78 is 16.8.